The van der Waals surface area contributed by atoms with E-state index in [1.54, 1.807) is 11.1 Å². The normalized spacial score (nSPS) is 14.9. The Morgan fingerprint density at radius 3 is 1.73 bits per heavy atom. The first-order valence-electron chi connectivity index (χ1n) is 4.03. The summed E-state index contributed by atoms with van der Waals surface area (Å²) in [5.41, 5.74) is 3.16. The van der Waals surface area contributed by atoms with E-state index in [2.05, 4.69) is 24.3 Å². The van der Waals surface area contributed by atoms with Crippen LogP contribution in [0.25, 0.3) is 0 Å². The lowest BCUT2D eigenvalue weighted by Crippen LogP contribution is -2.00. The molecule has 0 unspecified atom stereocenters. The Kier molecular flexibility index (Phi) is 2.64. The Labute approximate surface area is 66.6 Å². The molecule has 1 aromatic rings. The largest absolute Gasteiger partial charge is 0.269 e. The number of rotatable bonds is 0. The summed E-state index contributed by atoms with van der Waals surface area (Å²) in [6.45, 7) is 0. The first-order chi connectivity index (χ1) is 4.97. The summed E-state index contributed by atoms with van der Waals surface area (Å²) in [5.74, 6) is 0. The first kappa shape index (κ1) is 8.25. The molecule has 0 aliphatic heterocycles. The summed E-state index contributed by atoms with van der Waals surface area (Å²) in [5, 5.41) is 0. The van der Waals surface area contributed by atoms with E-state index < -0.39 is 0 Å². The molecule has 0 fully saturated rings. The van der Waals surface area contributed by atoms with Gasteiger partial charge in [-0.15, -0.1) is 0 Å². The minimum Gasteiger partial charge on any atom is -0.269 e. The van der Waals surface area contributed by atoms with Crippen LogP contribution in [-0.2, 0) is 12.8 Å². The van der Waals surface area contributed by atoms with Gasteiger partial charge in [-0.3, -0.25) is 4.70 Å². The van der Waals surface area contributed by atoms with Gasteiger partial charge in [0, 0.05) is 0 Å². The molecular weight excluding hydrogens is 139 g/mol. The monoisotopic (exact) mass is 152 g/mol. The topological polar surface area (TPSA) is 0 Å². The van der Waals surface area contributed by atoms with Gasteiger partial charge >= 0.3 is 0 Å². The van der Waals surface area contributed by atoms with Crippen molar-refractivity contribution in [2.75, 3.05) is 0 Å². The average molecular weight is 152 g/mol. The molecule has 0 saturated carbocycles. The number of halogens is 1. The number of benzene rings is 1. The molecule has 0 radical (unpaired) electrons. The van der Waals surface area contributed by atoms with Crippen molar-refractivity contribution >= 4 is 0 Å². The summed E-state index contributed by atoms with van der Waals surface area (Å²) in [4.78, 5) is 0. The third-order valence-corrected chi connectivity index (χ3v) is 2.26. The van der Waals surface area contributed by atoms with Crippen LogP contribution in [0.15, 0.2) is 24.3 Å². The maximum Gasteiger partial charge on any atom is -0.0276 e. The smallest absolute Gasteiger partial charge is 0.0276 e. The standard InChI is InChI=1S/C10H12.FH/c1-2-6-10-8-4-3-7-9(10)5-1;/h1-2,5-6H,3-4,7-8H2;1H. The summed E-state index contributed by atoms with van der Waals surface area (Å²) in [6.07, 6.45) is 5.38. The zero-order chi connectivity index (χ0) is 6.81. The molecule has 0 bridgehead atoms. The maximum atomic E-state index is 2.26. The summed E-state index contributed by atoms with van der Waals surface area (Å²) in [7, 11) is 0. The van der Waals surface area contributed by atoms with Crippen LogP contribution in [-0.4, -0.2) is 0 Å². The molecule has 0 aromatic heterocycles. The van der Waals surface area contributed by atoms with Gasteiger partial charge in [-0.25, -0.2) is 0 Å². The molecule has 1 aliphatic rings. The van der Waals surface area contributed by atoms with Crippen LogP contribution in [0.3, 0.4) is 0 Å². The molecule has 0 saturated heterocycles. The Hall–Kier alpha value is -0.850. The highest BCUT2D eigenvalue weighted by Gasteiger charge is 2.05. The van der Waals surface area contributed by atoms with Gasteiger partial charge in [-0.2, -0.15) is 0 Å². The first-order valence-corrected chi connectivity index (χ1v) is 4.03. The van der Waals surface area contributed by atoms with Crippen LogP contribution in [0.1, 0.15) is 24.0 Å². The molecule has 0 nitrogen and oxygen atoms in total. The van der Waals surface area contributed by atoms with Crippen LogP contribution in [0, 0.1) is 0 Å². The average Bonchev–Trinajstić information content (AvgIpc) is 2.05. The molecule has 0 atom stereocenters. The van der Waals surface area contributed by atoms with Crippen molar-refractivity contribution in [3.05, 3.63) is 35.4 Å². The minimum absolute atomic E-state index is 0. The molecule has 0 N–H and O–H groups in total. The van der Waals surface area contributed by atoms with Crippen molar-refractivity contribution in [2.24, 2.45) is 0 Å². The highest BCUT2D eigenvalue weighted by atomic mass is 19.0. The predicted octanol–water partition coefficient (Wildman–Crippen LogP) is 2.72. The quantitative estimate of drug-likeness (QED) is 0.536. The van der Waals surface area contributed by atoms with Gasteiger partial charge in [0.25, 0.3) is 0 Å². The fourth-order valence-electron chi connectivity index (χ4n) is 1.68. The van der Waals surface area contributed by atoms with E-state index in [1.807, 2.05) is 0 Å². The Balaban J connectivity index is 0.000000605. The van der Waals surface area contributed by atoms with Crippen LogP contribution < -0.4 is 0 Å². The van der Waals surface area contributed by atoms with Crippen LogP contribution in [0.5, 0.6) is 0 Å². The van der Waals surface area contributed by atoms with Crippen molar-refractivity contribution < 1.29 is 4.70 Å². The lowest BCUT2D eigenvalue weighted by Gasteiger charge is -2.13. The van der Waals surface area contributed by atoms with Crippen LogP contribution in [0.2, 0.25) is 0 Å². The second kappa shape index (κ2) is 3.51. The van der Waals surface area contributed by atoms with Gasteiger partial charge in [-0.05, 0) is 36.8 Å². The Morgan fingerprint density at radius 1 is 0.818 bits per heavy atom. The molecule has 1 aliphatic carbocycles. The van der Waals surface area contributed by atoms with Crippen molar-refractivity contribution in [3.8, 4) is 0 Å². The summed E-state index contributed by atoms with van der Waals surface area (Å²) >= 11 is 0. The molecule has 1 aromatic carbocycles. The third-order valence-electron chi connectivity index (χ3n) is 2.26. The van der Waals surface area contributed by atoms with Crippen molar-refractivity contribution in [3.63, 3.8) is 0 Å². The number of fused-ring (bicyclic) bond motifs is 1. The zero-order valence-corrected chi connectivity index (χ0v) is 6.55. The van der Waals surface area contributed by atoms with Crippen molar-refractivity contribution in [2.45, 2.75) is 25.7 Å². The molecule has 1 heteroatoms. The van der Waals surface area contributed by atoms with Gasteiger partial charge in [0.15, 0.2) is 0 Å². The maximum absolute atomic E-state index is 2.26. The minimum atomic E-state index is 0. The number of hydrogen-bond acceptors (Lipinski definition) is 0. The van der Waals surface area contributed by atoms with Crippen LogP contribution in [0.4, 0.5) is 4.70 Å². The van der Waals surface area contributed by atoms with E-state index in [-0.39, 0.29) is 4.70 Å². The summed E-state index contributed by atoms with van der Waals surface area (Å²) < 4.78 is 0. The SMILES string of the molecule is F.c1ccc2c(c1)CCCC2. The molecule has 60 valence electrons. The molecule has 11 heavy (non-hydrogen) atoms. The van der Waals surface area contributed by atoms with E-state index in [0.29, 0.717) is 0 Å². The van der Waals surface area contributed by atoms with E-state index in [9.17, 15) is 0 Å². The van der Waals surface area contributed by atoms with Crippen molar-refractivity contribution in [1.82, 2.24) is 0 Å². The van der Waals surface area contributed by atoms with Crippen LogP contribution >= 0.6 is 0 Å². The van der Waals surface area contributed by atoms with Gasteiger partial charge in [0.05, 0.1) is 0 Å². The highest BCUT2D eigenvalue weighted by molar-refractivity contribution is 5.28. The van der Waals surface area contributed by atoms with Gasteiger partial charge in [-0.1, -0.05) is 24.3 Å². The third kappa shape index (κ3) is 1.59. The van der Waals surface area contributed by atoms with E-state index in [1.165, 1.54) is 25.7 Å². The number of aryl methyl sites for hydroxylation is 2. The second-order valence-electron chi connectivity index (χ2n) is 2.98. The zero-order valence-electron chi connectivity index (χ0n) is 6.55. The molecule has 0 heterocycles. The van der Waals surface area contributed by atoms with E-state index in [0.717, 1.165) is 0 Å². The lowest BCUT2D eigenvalue weighted by molar-refractivity contribution is 0.685. The van der Waals surface area contributed by atoms with Gasteiger partial charge < -0.3 is 0 Å². The highest BCUT2D eigenvalue weighted by Crippen LogP contribution is 2.19. The molecule has 2 rings (SSSR count). The fraction of sp³-hybridized carbons (Fsp3) is 0.400. The van der Waals surface area contributed by atoms with Crippen molar-refractivity contribution in [1.29, 1.82) is 0 Å². The lowest BCUT2D eigenvalue weighted by atomic mass is 9.92. The second-order valence-corrected chi connectivity index (χ2v) is 2.98. The van der Waals surface area contributed by atoms with Gasteiger partial charge in [0.1, 0.15) is 0 Å². The van der Waals surface area contributed by atoms with E-state index in [4.69, 9.17) is 0 Å². The van der Waals surface area contributed by atoms with E-state index >= 15 is 0 Å². The Morgan fingerprint density at radius 2 is 1.27 bits per heavy atom. The van der Waals surface area contributed by atoms with Gasteiger partial charge in [0.2, 0.25) is 0 Å². The number of hydrogen-bond donors (Lipinski definition) is 0. The summed E-state index contributed by atoms with van der Waals surface area (Å²) in [6, 6.07) is 8.80. The Bertz CT molecular complexity index is 205. The molecule has 0 spiro atoms. The molecular formula is C10H13F. The predicted molar refractivity (Wildman–Crippen MR) is 45.6 cm³/mol. The molecule has 0 amide bonds. The fourth-order valence-corrected chi connectivity index (χ4v) is 1.68.